The molecule has 1 fully saturated rings. The van der Waals surface area contributed by atoms with E-state index in [-0.39, 0.29) is 29.9 Å². The average Bonchev–Trinajstić information content (AvgIpc) is 3.24. The Labute approximate surface area is 193 Å². The molecule has 1 saturated heterocycles. The quantitative estimate of drug-likeness (QED) is 0.478. The molecule has 0 radical (unpaired) electrons. The van der Waals surface area contributed by atoms with Gasteiger partial charge in [-0.3, -0.25) is 0 Å². The number of likely N-dealkylation sites (tertiary alicyclic amines) is 1. The number of aromatic nitrogens is 4. The Hall–Kier alpha value is -3.39. The molecule has 34 heavy (non-hydrogen) atoms. The first-order chi connectivity index (χ1) is 16.2. The second-order valence-corrected chi connectivity index (χ2v) is 9.58. The summed E-state index contributed by atoms with van der Waals surface area (Å²) < 4.78 is 59.9. The highest BCUT2D eigenvalue weighted by Crippen LogP contribution is 2.27. The van der Waals surface area contributed by atoms with Crippen molar-refractivity contribution in [2.24, 2.45) is 0 Å². The van der Waals surface area contributed by atoms with E-state index in [1.807, 2.05) is 0 Å². The van der Waals surface area contributed by atoms with E-state index in [4.69, 9.17) is 9.47 Å². The van der Waals surface area contributed by atoms with Gasteiger partial charge in [-0.05, 0) is 32.0 Å². The molecule has 0 bridgehead atoms. The molecule has 0 atom stereocenters. The molecule has 0 unspecified atom stereocenters. The van der Waals surface area contributed by atoms with Crippen LogP contribution in [0.2, 0.25) is 0 Å². The van der Waals surface area contributed by atoms with Gasteiger partial charge < -0.3 is 14.4 Å². The number of hydrogen-bond donors (Lipinski definition) is 0. The summed E-state index contributed by atoms with van der Waals surface area (Å²) in [7, 11) is -4.92. The minimum Gasteiger partial charge on any atom is -0.474 e. The first-order valence-electron chi connectivity index (χ1n) is 10.4. The van der Waals surface area contributed by atoms with Crippen molar-refractivity contribution in [2.75, 3.05) is 13.1 Å². The summed E-state index contributed by atoms with van der Waals surface area (Å²) >= 11 is 0. The lowest BCUT2D eigenvalue weighted by atomic mass is 10.1. The molecule has 14 heteroatoms. The molecule has 11 nitrogen and oxygen atoms in total. The zero-order valence-corrected chi connectivity index (χ0v) is 19.2. The minimum atomic E-state index is -4.92. The smallest absolute Gasteiger partial charge is 0.410 e. The zero-order chi connectivity index (χ0) is 24.5. The number of rotatable bonds is 6. The Morgan fingerprint density at radius 2 is 1.94 bits per heavy atom. The van der Waals surface area contributed by atoms with Crippen LogP contribution < -0.4 is 4.74 Å². The number of piperidine rings is 1. The number of sulfonamides is 1. The fourth-order valence-electron chi connectivity index (χ4n) is 3.55. The lowest BCUT2D eigenvalue weighted by molar-refractivity contribution is -0.0538. The first kappa shape index (κ1) is 23.8. The van der Waals surface area contributed by atoms with Gasteiger partial charge >= 0.3 is 6.09 Å². The Bertz CT molecular complexity index is 1290. The summed E-state index contributed by atoms with van der Waals surface area (Å²) in [5, 5.41) is 4.69. The number of amides is 1. The molecule has 2 aromatic heterocycles. The minimum absolute atomic E-state index is 0.194. The molecule has 3 aromatic rings. The summed E-state index contributed by atoms with van der Waals surface area (Å²) in [6.07, 6.45) is 3.14. The Kier molecular flexibility index (Phi) is 6.61. The average molecular weight is 496 g/mol. The third-order valence-electron chi connectivity index (χ3n) is 5.19. The molecule has 0 aliphatic carbocycles. The highest BCUT2D eigenvalue weighted by atomic mass is 32.2. The molecule has 1 aliphatic heterocycles. The Morgan fingerprint density at radius 1 is 1.21 bits per heavy atom. The van der Waals surface area contributed by atoms with Gasteiger partial charge in [0.15, 0.2) is 5.65 Å². The van der Waals surface area contributed by atoms with Crippen LogP contribution in [0.4, 0.5) is 13.8 Å². The van der Waals surface area contributed by atoms with E-state index in [0.717, 1.165) is 12.1 Å². The van der Waals surface area contributed by atoms with Crippen LogP contribution in [0.15, 0.2) is 41.7 Å². The van der Waals surface area contributed by atoms with Gasteiger partial charge in [-0.1, -0.05) is 15.0 Å². The molecule has 1 aromatic carbocycles. The van der Waals surface area contributed by atoms with Crippen LogP contribution in [0.3, 0.4) is 0 Å². The van der Waals surface area contributed by atoms with Crippen LogP contribution in [-0.4, -0.2) is 69.2 Å². The van der Waals surface area contributed by atoms with Crippen LogP contribution >= 0.6 is 0 Å². The summed E-state index contributed by atoms with van der Waals surface area (Å²) in [6, 6.07) is 4.98. The second kappa shape index (κ2) is 9.46. The van der Waals surface area contributed by atoms with Gasteiger partial charge in [-0.15, -0.1) is 0 Å². The highest BCUT2D eigenvalue weighted by molar-refractivity contribution is 7.88. The van der Waals surface area contributed by atoms with E-state index < -0.39 is 19.7 Å². The normalized spacial score (nSPS) is 15.3. The number of ether oxygens (including phenoxy) is 2. The van der Waals surface area contributed by atoms with Gasteiger partial charge in [-0.2, -0.15) is 5.10 Å². The van der Waals surface area contributed by atoms with Crippen LogP contribution in [0.1, 0.15) is 26.7 Å². The molecule has 182 valence electrons. The monoisotopic (exact) mass is 496 g/mol. The number of fused-ring (bicyclic) bond motifs is 1. The highest BCUT2D eigenvalue weighted by Gasteiger charge is 2.27. The van der Waals surface area contributed by atoms with Crippen LogP contribution in [0.5, 0.6) is 5.88 Å². The van der Waals surface area contributed by atoms with E-state index >= 15 is 0 Å². The van der Waals surface area contributed by atoms with Crippen molar-refractivity contribution in [1.29, 1.82) is 0 Å². The predicted octanol–water partition coefficient (Wildman–Crippen LogP) is 2.96. The third kappa shape index (κ3) is 4.77. The van der Waals surface area contributed by atoms with Gasteiger partial charge in [0, 0.05) is 25.9 Å². The topological polar surface area (TPSA) is 120 Å². The summed E-state index contributed by atoms with van der Waals surface area (Å²) in [4.78, 5) is 21.5. The maximum absolute atomic E-state index is 12.8. The van der Waals surface area contributed by atoms with E-state index in [1.54, 1.807) is 18.7 Å². The maximum Gasteiger partial charge on any atom is 0.410 e. The number of halogens is 2. The van der Waals surface area contributed by atoms with E-state index in [0.29, 0.717) is 37.0 Å². The number of nitrogens with zero attached hydrogens (tertiary/aromatic N) is 6. The van der Waals surface area contributed by atoms with Crippen molar-refractivity contribution in [2.45, 2.75) is 43.8 Å². The molecule has 1 aliphatic rings. The van der Waals surface area contributed by atoms with Crippen molar-refractivity contribution < 1.29 is 31.6 Å². The summed E-state index contributed by atoms with van der Waals surface area (Å²) in [6.45, 7) is 4.54. The van der Waals surface area contributed by atoms with Gasteiger partial charge in [0.2, 0.25) is 5.88 Å². The van der Waals surface area contributed by atoms with Gasteiger partial charge in [-0.25, -0.2) is 27.9 Å². The molecule has 3 heterocycles. The summed E-state index contributed by atoms with van der Waals surface area (Å²) in [5.41, 5.74) is 0.536. The molecule has 0 N–H and O–H groups in total. The van der Waals surface area contributed by atoms with Crippen LogP contribution in [-0.2, 0) is 14.8 Å². The van der Waals surface area contributed by atoms with Gasteiger partial charge in [0.1, 0.15) is 22.6 Å². The van der Waals surface area contributed by atoms with E-state index in [1.165, 1.54) is 29.3 Å². The fourth-order valence-corrected chi connectivity index (χ4v) is 4.23. The largest absolute Gasteiger partial charge is 0.474 e. The van der Waals surface area contributed by atoms with Gasteiger partial charge in [0.05, 0.1) is 22.9 Å². The van der Waals surface area contributed by atoms with Crippen LogP contribution in [0, 0.1) is 0 Å². The lowest BCUT2D eigenvalue weighted by Gasteiger charge is -2.31. The molecule has 1 amide bonds. The van der Waals surface area contributed by atoms with Crippen molar-refractivity contribution in [1.82, 2.24) is 29.4 Å². The standard InChI is InChI=1S/C20H22F2N6O5S/c1-13(2)32-20(29)26-8-6-15(7-9-26)33-19-17-11-25-27(18(17)23-12-24-19)14-4-3-5-16(10-14)34(30,31)28(21)22/h3-5,10-13,15H,6-9H2,1-2H3. The van der Waals surface area contributed by atoms with E-state index in [9.17, 15) is 22.2 Å². The van der Waals surface area contributed by atoms with Crippen LogP contribution in [0.25, 0.3) is 16.7 Å². The molecular formula is C20H22F2N6O5S. The second-order valence-electron chi connectivity index (χ2n) is 7.88. The van der Waals surface area contributed by atoms with Crippen molar-refractivity contribution >= 4 is 27.1 Å². The summed E-state index contributed by atoms with van der Waals surface area (Å²) in [5.74, 6) is 0.280. The number of carbonyl (C=O) groups excluding carboxylic acids is 1. The Balaban J connectivity index is 1.53. The number of hydrogen-bond acceptors (Lipinski definition) is 8. The van der Waals surface area contributed by atoms with Gasteiger partial charge in [0.25, 0.3) is 10.0 Å². The van der Waals surface area contributed by atoms with Crippen molar-refractivity contribution in [3.8, 4) is 11.6 Å². The zero-order valence-electron chi connectivity index (χ0n) is 18.3. The fraction of sp³-hybridized carbons (Fsp3) is 0.400. The molecule has 0 saturated carbocycles. The Morgan fingerprint density at radius 3 is 2.62 bits per heavy atom. The first-order valence-corrected chi connectivity index (χ1v) is 11.9. The van der Waals surface area contributed by atoms with E-state index in [2.05, 4.69) is 15.1 Å². The third-order valence-corrected chi connectivity index (χ3v) is 6.40. The van der Waals surface area contributed by atoms with Crippen molar-refractivity contribution in [3.63, 3.8) is 0 Å². The number of carbonyl (C=O) groups is 1. The molecular weight excluding hydrogens is 474 g/mol. The predicted molar refractivity (Wildman–Crippen MR) is 115 cm³/mol. The molecule has 0 spiro atoms. The van der Waals surface area contributed by atoms with Crippen molar-refractivity contribution in [3.05, 3.63) is 36.8 Å². The lowest BCUT2D eigenvalue weighted by Crippen LogP contribution is -2.42. The SMILES string of the molecule is CC(C)OC(=O)N1CCC(Oc2ncnc3c2cnn3-c2cccc(S(=O)(=O)N(F)F)c2)CC1. The maximum atomic E-state index is 12.8. The molecule has 4 rings (SSSR count). The number of benzene rings is 1.